The fourth-order valence-corrected chi connectivity index (χ4v) is 5.82. The zero-order valence-corrected chi connectivity index (χ0v) is 21.0. The highest BCUT2D eigenvalue weighted by Crippen LogP contribution is 2.60. The van der Waals surface area contributed by atoms with Gasteiger partial charge in [0.1, 0.15) is 22.9 Å². The topological polar surface area (TPSA) is 122 Å². The van der Waals surface area contributed by atoms with Gasteiger partial charge in [-0.05, 0) is 37.1 Å². The molecule has 6 rings (SSSR count). The van der Waals surface area contributed by atoms with E-state index in [4.69, 9.17) is 14.2 Å². The molecule has 1 amide bonds. The van der Waals surface area contributed by atoms with E-state index < -0.39 is 17.6 Å². The maximum atomic E-state index is 12.4. The number of esters is 1. The van der Waals surface area contributed by atoms with Crippen LogP contribution in [0.3, 0.4) is 0 Å². The number of ether oxygens (including phenoxy) is 3. The third kappa shape index (κ3) is 4.12. The summed E-state index contributed by atoms with van der Waals surface area (Å²) in [5.41, 5.74) is 0.515. The number of anilines is 2. The maximum absolute atomic E-state index is 12.4. The Morgan fingerprint density at radius 1 is 1.05 bits per heavy atom. The first-order valence-corrected chi connectivity index (χ1v) is 12.0. The van der Waals surface area contributed by atoms with E-state index in [2.05, 4.69) is 15.6 Å². The molecule has 2 bridgehead atoms. The molecule has 2 aliphatic heterocycles. The molecular formula is C27H30N4O6. The smallest absolute Gasteiger partial charge is 0.408 e. The van der Waals surface area contributed by atoms with Crippen LogP contribution in [-0.2, 0) is 16.1 Å². The monoisotopic (exact) mass is 506 g/mol. The van der Waals surface area contributed by atoms with Gasteiger partial charge >= 0.3 is 12.1 Å². The number of fused-ring (bicyclic) bond motifs is 2. The molecule has 10 nitrogen and oxygen atoms in total. The van der Waals surface area contributed by atoms with E-state index in [9.17, 15) is 14.7 Å². The first-order chi connectivity index (χ1) is 17.8. The number of amides is 1. The van der Waals surface area contributed by atoms with Crippen LogP contribution >= 0.6 is 0 Å². The van der Waals surface area contributed by atoms with E-state index >= 15 is 0 Å². The van der Waals surface area contributed by atoms with Crippen LogP contribution < -0.4 is 20.1 Å². The van der Waals surface area contributed by atoms with Gasteiger partial charge in [0.15, 0.2) is 0 Å². The van der Waals surface area contributed by atoms with Crippen LogP contribution in [0.1, 0.15) is 18.4 Å². The molecule has 3 fully saturated rings. The highest BCUT2D eigenvalue weighted by Gasteiger charge is 2.71. The van der Waals surface area contributed by atoms with Gasteiger partial charge in [-0.15, -0.1) is 0 Å². The molecule has 2 saturated heterocycles. The van der Waals surface area contributed by atoms with E-state index in [0.717, 1.165) is 39.3 Å². The number of nitrogens with one attached hydrogen (secondary N) is 2. The van der Waals surface area contributed by atoms with Crippen LogP contribution in [0.5, 0.6) is 11.5 Å². The maximum Gasteiger partial charge on any atom is 0.408 e. The summed E-state index contributed by atoms with van der Waals surface area (Å²) in [6.45, 7) is 1.36. The lowest BCUT2D eigenvalue weighted by molar-refractivity contribution is -0.157. The standard InChI is InChI=1S/C27H30N4O6/c1-35-18-8-7-17(22(11-18)36-2)12-29-23-20-5-4-6-21(19(20)9-10-28-23)30-15-26-13-27(14-26,24(32)37-3)31(16-26)25(33)34/h4-11,30H,12-16H2,1-3H3,(H,28,29)(H,33,34). The molecule has 3 heterocycles. The van der Waals surface area contributed by atoms with Crippen molar-refractivity contribution >= 4 is 34.3 Å². The number of pyridine rings is 1. The van der Waals surface area contributed by atoms with Gasteiger partial charge in [0, 0.05) is 59.3 Å². The number of nitrogens with zero attached hydrogens (tertiary/aromatic N) is 2. The van der Waals surface area contributed by atoms with Crippen LogP contribution in [0, 0.1) is 5.41 Å². The minimum Gasteiger partial charge on any atom is -0.497 e. The summed E-state index contributed by atoms with van der Waals surface area (Å²) in [5.74, 6) is 1.71. The minimum atomic E-state index is -1.09. The zero-order valence-electron chi connectivity index (χ0n) is 21.0. The number of hydrogen-bond acceptors (Lipinski definition) is 8. The summed E-state index contributed by atoms with van der Waals surface area (Å²) >= 11 is 0. The Bertz CT molecular complexity index is 1350. The molecule has 1 saturated carbocycles. The Kier molecular flexibility index (Phi) is 6.18. The lowest BCUT2D eigenvalue weighted by Crippen LogP contribution is -2.58. The van der Waals surface area contributed by atoms with Gasteiger partial charge in [-0.3, -0.25) is 4.90 Å². The van der Waals surface area contributed by atoms with E-state index in [1.807, 2.05) is 42.5 Å². The molecule has 0 atom stereocenters. The molecule has 1 aliphatic carbocycles. The molecule has 10 heteroatoms. The van der Waals surface area contributed by atoms with Crippen LogP contribution in [0.25, 0.3) is 10.8 Å². The molecular weight excluding hydrogens is 476 g/mol. The van der Waals surface area contributed by atoms with E-state index in [-0.39, 0.29) is 5.41 Å². The van der Waals surface area contributed by atoms with Crippen molar-refractivity contribution in [2.45, 2.75) is 24.9 Å². The van der Waals surface area contributed by atoms with Gasteiger partial charge in [0.25, 0.3) is 0 Å². The highest BCUT2D eigenvalue weighted by molar-refractivity contribution is 6.00. The second-order valence-corrected chi connectivity index (χ2v) is 9.69. The van der Waals surface area contributed by atoms with Gasteiger partial charge in [-0.25, -0.2) is 14.6 Å². The summed E-state index contributed by atoms with van der Waals surface area (Å²) in [7, 11) is 4.55. The summed E-state index contributed by atoms with van der Waals surface area (Å²) < 4.78 is 15.7. The minimum absolute atomic E-state index is 0.299. The number of benzene rings is 2. The summed E-state index contributed by atoms with van der Waals surface area (Å²) in [6.07, 6.45) is 1.57. The third-order valence-electron chi connectivity index (χ3n) is 7.54. The Morgan fingerprint density at radius 2 is 1.86 bits per heavy atom. The van der Waals surface area contributed by atoms with Crippen molar-refractivity contribution in [2.24, 2.45) is 5.41 Å². The number of methoxy groups -OCH3 is 3. The van der Waals surface area contributed by atoms with Crippen molar-refractivity contribution in [1.82, 2.24) is 9.88 Å². The molecule has 37 heavy (non-hydrogen) atoms. The van der Waals surface area contributed by atoms with Crippen LogP contribution in [0.2, 0.25) is 0 Å². The summed E-state index contributed by atoms with van der Waals surface area (Å²) in [5, 5.41) is 18.5. The predicted molar refractivity (Wildman–Crippen MR) is 138 cm³/mol. The summed E-state index contributed by atoms with van der Waals surface area (Å²) in [4.78, 5) is 30.0. The number of aromatic nitrogens is 1. The number of carbonyl (C=O) groups is 2. The van der Waals surface area contributed by atoms with Crippen LogP contribution in [0.15, 0.2) is 48.7 Å². The lowest BCUT2D eigenvalue weighted by atomic mass is 9.61. The SMILES string of the molecule is COC(=O)C12CC(CNc3cccc4c(NCc5ccc(OC)cc5OC)nccc34)(CN1C(=O)O)C2. The number of carboxylic acid groups (broad SMARTS) is 1. The fourth-order valence-electron chi connectivity index (χ4n) is 5.82. The average Bonchev–Trinajstić information content (AvgIpc) is 3.43. The van der Waals surface area contributed by atoms with Gasteiger partial charge in [0.2, 0.25) is 0 Å². The van der Waals surface area contributed by atoms with Crippen molar-refractivity contribution < 1.29 is 28.9 Å². The number of hydrogen-bond donors (Lipinski definition) is 3. The quantitative estimate of drug-likeness (QED) is 0.370. The van der Waals surface area contributed by atoms with Crippen molar-refractivity contribution in [3.8, 4) is 11.5 Å². The van der Waals surface area contributed by atoms with Crippen molar-refractivity contribution in [2.75, 3.05) is 45.1 Å². The largest absolute Gasteiger partial charge is 0.497 e. The molecule has 0 unspecified atom stereocenters. The average molecular weight is 507 g/mol. The molecule has 0 spiro atoms. The number of rotatable bonds is 9. The molecule has 2 aromatic carbocycles. The van der Waals surface area contributed by atoms with Crippen LogP contribution in [-0.4, -0.2) is 67.0 Å². The van der Waals surface area contributed by atoms with Crippen LogP contribution in [0.4, 0.5) is 16.3 Å². The fraction of sp³-hybridized carbons (Fsp3) is 0.370. The first kappa shape index (κ1) is 24.5. The Labute approximate surface area is 214 Å². The highest BCUT2D eigenvalue weighted by atomic mass is 16.5. The zero-order chi connectivity index (χ0) is 26.2. The second kappa shape index (κ2) is 9.34. The van der Waals surface area contributed by atoms with Gasteiger partial charge in [0.05, 0.1) is 21.3 Å². The predicted octanol–water partition coefficient (Wildman–Crippen LogP) is 3.96. The molecule has 3 N–H and O–H groups in total. The van der Waals surface area contributed by atoms with E-state index in [1.165, 1.54) is 12.0 Å². The second-order valence-electron chi connectivity index (χ2n) is 9.69. The molecule has 0 radical (unpaired) electrons. The van der Waals surface area contributed by atoms with Crippen molar-refractivity contribution in [3.63, 3.8) is 0 Å². The molecule has 3 aliphatic rings. The number of carbonyl (C=O) groups excluding carboxylic acids is 1. The lowest BCUT2D eigenvalue weighted by Gasteiger charge is -2.44. The molecule has 194 valence electrons. The van der Waals surface area contributed by atoms with E-state index in [1.54, 1.807) is 20.4 Å². The van der Waals surface area contributed by atoms with E-state index in [0.29, 0.717) is 32.5 Å². The van der Waals surface area contributed by atoms with Crippen molar-refractivity contribution in [1.29, 1.82) is 0 Å². The molecule has 1 aromatic heterocycles. The Hall–Kier alpha value is -4.21. The Balaban J connectivity index is 1.33. The van der Waals surface area contributed by atoms with Gasteiger partial charge in [-0.1, -0.05) is 12.1 Å². The third-order valence-corrected chi connectivity index (χ3v) is 7.54. The van der Waals surface area contributed by atoms with Gasteiger partial charge in [-0.2, -0.15) is 0 Å². The normalized spacial score (nSPS) is 21.8. The Morgan fingerprint density at radius 3 is 2.57 bits per heavy atom. The van der Waals surface area contributed by atoms with Gasteiger partial charge < -0.3 is 30.0 Å². The summed E-state index contributed by atoms with van der Waals surface area (Å²) in [6, 6.07) is 13.6. The first-order valence-electron chi connectivity index (χ1n) is 12.0. The van der Waals surface area contributed by atoms with Crippen molar-refractivity contribution in [3.05, 3.63) is 54.2 Å². The molecule has 3 aromatic rings.